The zero-order valence-corrected chi connectivity index (χ0v) is 10.7. The molecule has 19 heavy (non-hydrogen) atoms. The zero-order chi connectivity index (χ0) is 14.0. The van der Waals surface area contributed by atoms with Crippen molar-refractivity contribution in [3.8, 4) is 0 Å². The number of Topliss-reactive ketones (excluding diaryl/α,β-unsaturated/α-hetero) is 1. The van der Waals surface area contributed by atoms with Crippen molar-refractivity contribution in [2.45, 2.75) is 32.0 Å². The van der Waals surface area contributed by atoms with Crippen molar-refractivity contribution < 1.29 is 18.0 Å². The van der Waals surface area contributed by atoms with Gasteiger partial charge in [-0.05, 0) is 18.6 Å². The smallest absolute Gasteiger partial charge is 0.300 e. The average Bonchev–Trinajstić information content (AvgIpc) is 2.38. The molecule has 0 radical (unpaired) electrons. The van der Waals surface area contributed by atoms with Crippen LogP contribution in [0.25, 0.3) is 0 Å². The van der Waals surface area contributed by atoms with Crippen molar-refractivity contribution in [2.75, 3.05) is 13.1 Å². The summed E-state index contributed by atoms with van der Waals surface area (Å²) >= 11 is 0. The van der Waals surface area contributed by atoms with Crippen LogP contribution in [-0.2, 0) is 11.0 Å². The quantitative estimate of drug-likeness (QED) is 0.821. The minimum absolute atomic E-state index is 0.188. The maximum atomic E-state index is 13.0. The van der Waals surface area contributed by atoms with Crippen LogP contribution in [0.1, 0.15) is 36.9 Å². The molecule has 1 aliphatic rings. The van der Waals surface area contributed by atoms with E-state index in [4.69, 9.17) is 0 Å². The number of rotatable bonds is 2. The molecule has 1 aromatic carbocycles. The maximum absolute atomic E-state index is 13.0. The number of ketones is 1. The highest BCUT2D eigenvalue weighted by Crippen LogP contribution is 2.36. The number of carbonyl (C=O) groups is 1. The molecule has 0 bridgehead atoms. The van der Waals surface area contributed by atoms with Crippen LogP contribution >= 0.6 is 0 Å². The van der Waals surface area contributed by atoms with Crippen LogP contribution in [0.5, 0.6) is 0 Å². The lowest BCUT2D eigenvalue weighted by Crippen LogP contribution is -2.36. The topological polar surface area (TPSA) is 20.3 Å². The first-order valence-electron chi connectivity index (χ1n) is 6.31. The molecule has 1 aromatic rings. The summed E-state index contributed by atoms with van der Waals surface area (Å²) in [6.45, 7) is 2.83. The van der Waals surface area contributed by atoms with E-state index in [0.29, 0.717) is 25.9 Å². The summed E-state index contributed by atoms with van der Waals surface area (Å²) in [5.74, 6) is 0.188. The molecule has 104 valence electrons. The Morgan fingerprint density at radius 3 is 2.32 bits per heavy atom. The van der Waals surface area contributed by atoms with Gasteiger partial charge in [0.1, 0.15) is 5.78 Å². The van der Waals surface area contributed by atoms with E-state index in [-0.39, 0.29) is 17.4 Å². The predicted molar refractivity (Wildman–Crippen MR) is 65.7 cm³/mol. The zero-order valence-electron chi connectivity index (χ0n) is 10.7. The molecule has 1 aliphatic heterocycles. The van der Waals surface area contributed by atoms with Gasteiger partial charge in [-0.1, -0.05) is 18.2 Å². The Labute approximate surface area is 110 Å². The number of alkyl halides is 3. The lowest BCUT2D eigenvalue weighted by atomic mass is 9.97. The third-order valence-electron chi connectivity index (χ3n) is 3.62. The van der Waals surface area contributed by atoms with Gasteiger partial charge in [-0.25, -0.2) is 0 Å². The second kappa shape index (κ2) is 5.33. The molecule has 1 saturated heterocycles. The maximum Gasteiger partial charge on any atom is 0.416 e. The van der Waals surface area contributed by atoms with Gasteiger partial charge in [-0.2, -0.15) is 13.2 Å². The number of likely N-dealkylation sites (tertiary alicyclic amines) is 1. The molecular formula is C14H16F3NO. The molecule has 0 aliphatic carbocycles. The summed E-state index contributed by atoms with van der Waals surface area (Å²) in [5.41, 5.74) is -0.302. The van der Waals surface area contributed by atoms with Gasteiger partial charge in [0.15, 0.2) is 0 Å². The highest BCUT2D eigenvalue weighted by Gasteiger charge is 2.35. The molecule has 1 unspecified atom stereocenters. The predicted octanol–water partition coefficient (Wildman–Crippen LogP) is 3.43. The van der Waals surface area contributed by atoms with Crippen LogP contribution in [-0.4, -0.2) is 23.8 Å². The van der Waals surface area contributed by atoms with E-state index in [1.54, 1.807) is 13.0 Å². The van der Waals surface area contributed by atoms with E-state index >= 15 is 0 Å². The summed E-state index contributed by atoms with van der Waals surface area (Å²) < 4.78 is 38.9. The molecule has 1 atom stereocenters. The number of nitrogens with zero attached hydrogens (tertiary/aromatic N) is 1. The van der Waals surface area contributed by atoms with E-state index in [0.717, 1.165) is 6.07 Å². The molecular weight excluding hydrogens is 255 g/mol. The number of benzene rings is 1. The highest BCUT2D eigenvalue weighted by atomic mass is 19.4. The van der Waals surface area contributed by atoms with E-state index in [2.05, 4.69) is 0 Å². The Bertz CT molecular complexity index is 460. The Morgan fingerprint density at radius 1 is 1.16 bits per heavy atom. The van der Waals surface area contributed by atoms with Crippen molar-refractivity contribution in [3.63, 3.8) is 0 Å². The molecule has 0 aromatic heterocycles. The molecule has 5 heteroatoms. The average molecular weight is 271 g/mol. The van der Waals surface area contributed by atoms with Gasteiger partial charge in [-0.3, -0.25) is 9.69 Å². The molecule has 2 nitrogen and oxygen atoms in total. The summed E-state index contributed by atoms with van der Waals surface area (Å²) in [7, 11) is 0. The Morgan fingerprint density at radius 2 is 1.74 bits per heavy atom. The van der Waals surface area contributed by atoms with Crippen molar-refractivity contribution in [1.29, 1.82) is 0 Å². The molecule has 1 fully saturated rings. The van der Waals surface area contributed by atoms with Crippen LogP contribution in [0.2, 0.25) is 0 Å². The second-order valence-corrected chi connectivity index (χ2v) is 4.84. The Hall–Kier alpha value is -1.36. The van der Waals surface area contributed by atoms with Gasteiger partial charge < -0.3 is 0 Å². The molecule has 0 N–H and O–H groups in total. The molecule has 0 saturated carbocycles. The Balaban J connectivity index is 2.24. The first-order chi connectivity index (χ1) is 8.89. The van der Waals surface area contributed by atoms with Crippen molar-refractivity contribution in [3.05, 3.63) is 35.4 Å². The first kappa shape index (κ1) is 14.1. The lowest BCUT2D eigenvalue weighted by molar-refractivity contribution is -0.139. The van der Waals surface area contributed by atoms with Crippen LogP contribution in [0.4, 0.5) is 13.2 Å². The lowest BCUT2D eigenvalue weighted by Gasteiger charge is -2.33. The van der Waals surface area contributed by atoms with E-state index in [1.165, 1.54) is 12.1 Å². The number of piperidine rings is 1. The SMILES string of the molecule is CC(c1ccccc1C(F)(F)F)N1CCC(=O)CC1. The normalized spacial score (nSPS) is 19.5. The summed E-state index contributed by atoms with van der Waals surface area (Å²) in [5, 5.41) is 0. The number of halogens is 3. The van der Waals surface area contributed by atoms with Gasteiger partial charge >= 0.3 is 6.18 Å². The summed E-state index contributed by atoms with van der Waals surface area (Å²) in [4.78, 5) is 13.1. The van der Waals surface area contributed by atoms with Gasteiger partial charge in [0.2, 0.25) is 0 Å². The van der Waals surface area contributed by atoms with Crippen LogP contribution < -0.4 is 0 Å². The van der Waals surface area contributed by atoms with Gasteiger partial charge in [0.05, 0.1) is 5.56 Å². The fraction of sp³-hybridized carbons (Fsp3) is 0.500. The number of carbonyl (C=O) groups excluding carboxylic acids is 1. The third kappa shape index (κ3) is 3.15. The van der Waals surface area contributed by atoms with Crippen LogP contribution in [0.15, 0.2) is 24.3 Å². The summed E-state index contributed by atoms with van der Waals surface area (Å²) in [6, 6.07) is 5.32. The van der Waals surface area contributed by atoms with Crippen molar-refractivity contribution in [2.24, 2.45) is 0 Å². The fourth-order valence-electron chi connectivity index (χ4n) is 2.48. The number of hydrogen-bond acceptors (Lipinski definition) is 2. The minimum atomic E-state index is -4.34. The van der Waals surface area contributed by atoms with Crippen LogP contribution in [0.3, 0.4) is 0 Å². The monoisotopic (exact) mass is 271 g/mol. The molecule has 1 heterocycles. The van der Waals surface area contributed by atoms with Gasteiger partial charge in [0, 0.05) is 32.0 Å². The summed E-state index contributed by atoms with van der Waals surface area (Å²) in [6.07, 6.45) is -3.48. The number of hydrogen-bond donors (Lipinski definition) is 0. The molecule has 0 amide bonds. The molecule has 0 spiro atoms. The van der Waals surface area contributed by atoms with Gasteiger partial charge in [-0.15, -0.1) is 0 Å². The highest BCUT2D eigenvalue weighted by molar-refractivity contribution is 5.79. The van der Waals surface area contributed by atoms with Crippen molar-refractivity contribution >= 4 is 5.78 Å². The van der Waals surface area contributed by atoms with Crippen molar-refractivity contribution in [1.82, 2.24) is 4.90 Å². The first-order valence-corrected chi connectivity index (χ1v) is 6.31. The fourth-order valence-corrected chi connectivity index (χ4v) is 2.48. The standard InChI is InChI=1S/C14H16F3NO/c1-10(18-8-6-11(19)7-9-18)12-4-2-3-5-13(12)14(15,16)17/h2-5,10H,6-9H2,1H3. The minimum Gasteiger partial charge on any atom is -0.300 e. The largest absolute Gasteiger partial charge is 0.416 e. The van der Waals surface area contributed by atoms with Crippen LogP contribution in [0, 0.1) is 0 Å². The van der Waals surface area contributed by atoms with E-state index in [9.17, 15) is 18.0 Å². The van der Waals surface area contributed by atoms with E-state index < -0.39 is 11.7 Å². The second-order valence-electron chi connectivity index (χ2n) is 4.84. The molecule has 2 rings (SSSR count). The van der Waals surface area contributed by atoms with Gasteiger partial charge in [0.25, 0.3) is 0 Å². The Kier molecular flexibility index (Phi) is 3.94. The van der Waals surface area contributed by atoms with E-state index in [1.807, 2.05) is 4.90 Å². The third-order valence-corrected chi connectivity index (χ3v) is 3.62.